The van der Waals surface area contributed by atoms with Gasteiger partial charge in [-0.25, -0.2) is 0 Å². The summed E-state index contributed by atoms with van der Waals surface area (Å²) in [6.45, 7) is 8.52. The van der Waals surface area contributed by atoms with E-state index in [2.05, 4.69) is 153 Å². The van der Waals surface area contributed by atoms with Gasteiger partial charge in [-0.05, 0) is 91.9 Å². The fraction of sp³-hybridized carbons (Fsp3) is 0.0943. The molecular weight excluding hydrogens is 922 g/mol. The number of hydrogen-bond donors (Lipinski definition) is 1. The zero-order valence-electron chi connectivity index (χ0n) is 33.1. The van der Waals surface area contributed by atoms with Gasteiger partial charge in [0.05, 0.1) is 11.4 Å². The minimum absolute atomic E-state index is 0. The Labute approximate surface area is 362 Å². The van der Waals surface area contributed by atoms with Crippen molar-refractivity contribution < 1.29 is 26.2 Å². The van der Waals surface area contributed by atoms with Crippen LogP contribution in [0.1, 0.15) is 31.1 Å². The fourth-order valence-corrected chi connectivity index (χ4v) is 9.58. The third-order valence-electron chi connectivity index (χ3n) is 11.1. The Morgan fingerprint density at radius 2 is 1.22 bits per heavy atom. The summed E-state index contributed by atoms with van der Waals surface area (Å²) in [6.07, 6.45) is 0. The summed E-state index contributed by atoms with van der Waals surface area (Å²) in [4.78, 5) is 10.3. The number of aryl methyl sites for hydroxylation is 2. The van der Waals surface area contributed by atoms with Gasteiger partial charge >= 0.3 is 0 Å². The molecule has 10 rings (SSSR count). The second kappa shape index (κ2) is 15.6. The average Bonchev–Trinajstić information content (AvgIpc) is 3.81. The van der Waals surface area contributed by atoms with E-state index in [9.17, 15) is 5.11 Å². The summed E-state index contributed by atoms with van der Waals surface area (Å²) in [7, 11) is 0. The molecule has 0 aliphatic carbocycles. The Morgan fingerprint density at radius 1 is 0.559 bits per heavy atom. The van der Waals surface area contributed by atoms with Crippen molar-refractivity contribution in [3.8, 4) is 73.0 Å². The predicted molar refractivity (Wildman–Crippen MR) is 243 cm³/mol. The maximum atomic E-state index is 11.1. The van der Waals surface area contributed by atoms with Gasteiger partial charge in [0.25, 0.3) is 0 Å². The van der Waals surface area contributed by atoms with Gasteiger partial charge < -0.3 is 9.67 Å². The van der Waals surface area contributed by atoms with Crippen molar-refractivity contribution in [3.05, 3.63) is 175 Å². The number of para-hydroxylation sites is 2. The van der Waals surface area contributed by atoms with Crippen LogP contribution in [0.3, 0.4) is 0 Å². The van der Waals surface area contributed by atoms with Gasteiger partial charge in [0.15, 0.2) is 0 Å². The topological polar surface area (TPSA) is 50.9 Å². The minimum Gasteiger partial charge on any atom is -0.507 e. The van der Waals surface area contributed by atoms with Crippen LogP contribution in [-0.4, -0.2) is 19.6 Å². The molecular formula is C53H40N3OPtS-. The molecule has 4 heterocycles. The van der Waals surface area contributed by atoms with E-state index in [0.717, 1.165) is 50.5 Å². The molecule has 10 aromatic rings. The number of phenolic OH excluding ortho intramolecular Hbond substituents is 1. The molecule has 59 heavy (non-hydrogen) atoms. The first-order valence-electron chi connectivity index (χ1n) is 19.7. The van der Waals surface area contributed by atoms with Crippen molar-refractivity contribution >= 4 is 42.4 Å². The maximum Gasteiger partial charge on any atom is 0.127 e. The molecule has 0 aliphatic rings. The van der Waals surface area contributed by atoms with E-state index >= 15 is 0 Å². The molecule has 4 aromatic heterocycles. The quantitative estimate of drug-likeness (QED) is 0.162. The summed E-state index contributed by atoms with van der Waals surface area (Å²) in [5.74, 6) is 0.238. The first-order chi connectivity index (χ1) is 28.3. The minimum atomic E-state index is 0. The Morgan fingerprint density at radius 3 is 2.02 bits per heavy atom. The van der Waals surface area contributed by atoms with Crippen LogP contribution in [0, 0.1) is 19.9 Å². The van der Waals surface area contributed by atoms with Gasteiger partial charge in [-0.1, -0.05) is 114 Å². The number of fused-ring (bicyclic) bond motifs is 4. The van der Waals surface area contributed by atoms with Crippen LogP contribution < -0.4 is 0 Å². The van der Waals surface area contributed by atoms with Crippen LogP contribution >= 0.6 is 11.3 Å². The number of aromatic hydroxyl groups is 1. The van der Waals surface area contributed by atoms with E-state index in [1.54, 1.807) is 0 Å². The molecule has 4 nitrogen and oxygen atoms in total. The number of pyridine rings is 2. The number of rotatable bonds is 7. The zero-order valence-corrected chi connectivity index (χ0v) is 36.2. The van der Waals surface area contributed by atoms with E-state index in [-0.39, 0.29) is 32.9 Å². The van der Waals surface area contributed by atoms with Gasteiger partial charge in [-0.3, -0.25) is 9.97 Å². The molecule has 0 unspecified atom stereocenters. The second-order valence-electron chi connectivity index (χ2n) is 15.3. The SMILES string of the molecule is Cc1cc(-c2c(-c3ccc4c(c3)sc3ccccc34)c3ccccc3n2C(C)C)cc(-c2[c-]c(-c3cc(-c4ccccc4)cc(-c4cccc(C)c4O)n3)ccc2)n1.[Pt]. The standard InChI is InChI=1S/C53H40N3OS.Pt/c1-32(2)56-48-22-10-8-20-44(48)51(38-24-25-42-41-19-9-11-23-49(41)58-50(42)31-38)52(56)40-26-34(4)54-45(30-40)36-17-13-18-37(27-36)46-28-39(35-15-6-5-7-16-35)29-47(55-46)43-21-12-14-33(3)53(43)57;/h5-26,28-32,57H,1-4H3;/q-1;. The number of hydrogen-bond acceptors (Lipinski definition) is 4. The van der Waals surface area contributed by atoms with Crippen molar-refractivity contribution in [3.63, 3.8) is 0 Å². The molecule has 290 valence electrons. The molecule has 0 atom stereocenters. The maximum absolute atomic E-state index is 11.1. The Balaban J connectivity index is 0.00000449. The Bertz CT molecular complexity index is 3200. The molecule has 0 saturated carbocycles. The third-order valence-corrected chi connectivity index (χ3v) is 12.2. The van der Waals surface area contributed by atoms with E-state index < -0.39 is 0 Å². The van der Waals surface area contributed by atoms with Gasteiger partial charge in [0.1, 0.15) is 5.75 Å². The summed E-state index contributed by atoms with van der Waals surface area (Å²) >= 11 is 1.85. The predicted octanol–water partition coefficient (Wildman–Crippen LogP) is 14.5. The molecule has 0 spiro atoms. The van der Waals surface area contributed by atoms with Crippen molar-refractivity contribution in [2.75, 3.05) is 0 Å². The monoisotopic (exact) mass is 961 g/mol. The average molecular weight is 962 g/mol. The van der Waals surface area contributed by atoms with Crippen LogP contribution in [0.2, 0.25) is 0 Å². The van der Waals surface area contributed by atoms with E-state index in [1.165, 1.54) is 47.9 Å². The Hall–Kier alpha value is -6.13. The first-order valence-corrected chi connectivity index (χ1v) is 20.6. The fourth-order valence-electron chi connectivity index (χ4n) is 8.44. The molecule has 0 bridgehead atoms. The number of aromatic nitrogens is 3. The normalized spacial score (nSPS) is 11.5. The smallest absolute Gasteiger partial charge is 0.127 e. The van der Waals surface area contributed by atoms with Crippen LogP contribution in [-0.2, 0) is 21.1 Å². The van der Waals surface area contributed by atoms with Crippen molar-refractivity contribution in [1.29, 1.82) is 0 Å². The summed E-state index contributed by atoms with van der Waals surface area (Å²) in [6, 6.07) is 59.3. The molecule has 1 N–H and O–H groups in total. The molecule has 0 amide bonds. The van der Waals surface area contributed by atoms with Crippen molar-refractivity contribution in [1.82, 2.24) is 14.5 Å². The van der Waals surface area contributed by atoms with Gasteiger partial charge in [0.2, 0.25) is 0 Å². The van der Waals surface area contributed by atoms with Gasteiger partial charge in [-0.2, -0.15) is 0 Å². The van der Waals surface area contributed by atoms with E-state index in [4.69, 9.17) is 9.97 Å². The molecule has 6 heteroatoms. The van der Waals surface area contributed by atoms with Crippen LogP contribution in [0.15, 0.2) is 158 Å². The zero-order chi connectivity index (χ0) is 39.5. The number of phenols is 1. The van der Waals surface area contributed by atoms with Crippen molar-refractivity contribution in [2.45, 2.75) is 33.7 Å². The first kappa shape index (κ1) is 38.4. The summed E-state index contributed by atoms with van der Waals surface area (Å²) < 4.78 is 5.08. The molecule has 0 saturated heterocycles. The van der Waals surface area contributed by atoms with E-state index in [0.29, 0.717) is 11.3 Å². The van der Waals surface area contributed by atoms with Gasteiger partial charge in [-0.15, -0.1) is 35.6 Å². The summed E-state index contributed by atoms with van der Waals surface area (Å²) in [5.41, 5.74) is 14.5. The van der Waals surface area contributed by atoms with Crippen LogP contribution in [0.25, 0.3) is 98.4 Å². The van der Waals surface area contributed by atoms with Crippen LogP contribution in [0.5, 0.6) is 5.75 Å². The largest absolute Gasteiger partial charge is 0.507 e. The third kappa shape index (κ3) is 6.89. The number of thiophene rings is 1. The number of nitrogens with zero attached hydrogens (tertiary/aromatic N) is 3. The van der Waals surface area contributed by atoms with Gasteiger partial charge in [0, 0.05) is 86.4 Å². The molecule has 0 fully saturated rings. The molecule has 6 aromatic carbocycles. The van der Waals surface area contributed by atoms with Crippen molar-refractivity contribution in [2.24, 2.45) is 0 Å². The molecule has 0 aliphatic heterocycles. The summed E-state index contributed by atoms with van der Waals surface area (Å²) in [5, 5.41) is 15.0. The van der Waals surface area contributed by atoms with Crippen LogP contribution in [0.4, 0.5) is 0 Å². The Kier molecular flexibility index (Phi) is 10.1. The number of benzene rings is 6. The van der Waals surface area contributed by atoms with E-state index in [1.807, 2.05) is 54.7 Å². The molecule has 0 radical (unpaired) electrons. The second-order valence-corrected chi connectivity index (χ2v) is 16.4.